The number of rotatable bonds is 8. The Bertz CT molecular complexity index is 1130. The second-order valence-electron chi connectivity index (χ2n) is 7.03. The zero-order chi connectivity index (χ0) is 24.7. The molecular weight excluding hydrogens is 455 g/mol. The number of hydrogen-bond acceptors (Lipinski definition) is 6. The van der Waals surface area contributed by atoms with Crippen LogP contribution in [0.4, 0.5) is 18.0 Å². The van der Waals surface area contributed by atoms with Gasteiger partial charge in [-0.15, -0.1) is 0 Å². The number of carbonyl (C=O) groups is 2. The molecule has 0 bridgehead atoms. The van der Waals surface area contributed by atoms with Gasteiger partial charge in [-0.25, -0.2) is 14.5 Å². The highest BCUT2D eigenvalue weighted by Gasteiger charge is 2.35. The summed E-state index contributed by atoms with van der Waals surface area (Å²) in [4.78, 5) is 26.7. The second-order valence-corrected chi connectivity index (χ2v) is 7.03. The zero-order valence-electron chi connectivity index (χ0n) is 18.3. The number of aromatic nitrogens is 3. The fourth-order valence-corrected chi connectivity index (χ4v) is 3.02. The van der Waals surface area contributed by atoms with Crippen molar-refractivity contribution in [2.45, 2.75) is 12.6 Å². The molecule has 2 aromatic heterocycles. The number of alkyl carbamates (subject to hydrolysis) is 1. The number of alkyl halides is 3. The van der Waals surface area contributed by atoms with Crippen molar-refractivity contribution in [2.75, 3.05) is 27.3 Å². The second kappa shape index (κ2) is 10.7. The maximum Gasteiger partial charge on any atom is 0.435 e. The number of carbonyl (C=O) groups excluding carboxylic acids is 2. The number of amides is 2. The predicted molar refractivity (Wildman–Crippen MR) is 115 cm³/mol. The van der Waals surface area contributed by atoms with Crippen molar-refractivity contribution in [1.29, 1.82) is 0 Å². The number of ether oxygens (including phenoxy) is 2. The maximum absolute atomic E-state index is 13.3. The number of methoxy groups -OCH3 is 2. The van der Waals surface area contributed by atoms with Crippen LogP contribution in [0.15, 0.2) is 48.7 Å². The van der Waals surface area contributed by atoms with Crippen LogP contribution >= 0.6 is 0 Å². The van der Waals surface area contributed by atoms with Crippen LogP contribution in [0.3, 0.4) is 0 Å². The van der Waals surface area contributed by atoms with Crippen LogP contribution in [0.2, 0.25) is 0 Å². The minimum absolute atomic E-state index is 0.211. The van der Waals surface area contributed by atoms with Crippen molar-refractivity contribution in [3.63, 3.8) is 0 Å². The average Bonchev–Trinajstić information content (AvgIpc) is 3.29. The first kappa shape index (κ1) is 24.6. The summed E-state index contributed by atoms with van der Waals surface area (Å²) in [5.41, 5.74) is 0.949. The lowest BCUT2D eigenvalue weighted by Gasteiger charge is -2.09. The van der Waals surface area contributed by atoms with E-state index in [1.807, 2.05) is 0 Å². The lowest BCUT2D eigenvalue weighted by molar-refractivity contribution is -0.141. The topological polar surface area (TPSA) is 107 Å². The highest BCUT2D eigenvalue weighted by molar-refractivity contribution is 5.82. The summed E-state index contributed by atoms with van der Waals surface area (Å²) in [6, 6.07) is 11.0. The Balaban J connectivity index is 1.73. The molecule has 0 atom stereocenters. The van der Waals surface area contributed by atoms with E-state index in [9.17, 15) is 22.8 Å². The molecule has 9 nitrogen and oxygen atoms in total. The van der Waals surface area contributed by atoms with E-state index in [0.29, 0.717) is 30.1 Å². The van der Waals surface area contributed by atoms with Gasteiger partial charge in [-0.2, -0.15) is 18.3 Å². The van der Waals surface area contributed by atoms with Crippen molar-refractivity contribution in [3.05, 3.63) is 59.9 Å². The Kier molecular flexibility index (Phi) is 7.71. The number of benzene rings is 1. The van der Waals surface area contributed by atoms with Gasteiger partial charge in [0.1, 0.15) is 0 Å². The molecule has 0 aliphatic rings. The van der Waals surface area contributed by atoms with Crippen LogP contribution in [0.5, 0.6) is 5.88 Å². The highest BCUT2D eigenvalue weighted by Crippen LogP contribution is 2.33. The first-order valence-electron chi connectivity index (χ1n) is 10.1. The maximum atomic E-state index is 13.3. The summed E-state index contributed by atoms with van der Waals surface area (Å²) >= 11 is 0. The largest absolute Gasteiger partial charge is 0.481 e. The number of halogens is 3. The van der Waals surface area contributed by atoms with Gasteiger partial charge in [0.05, 0.1) is 38.3 Å². The van der Waals surface area contributed by atoms with E-state index in [1.165, 1.54) is 31.2 Å². The molecule has 3 rings (SSSR count). The third kappa shape index (κ3) is 6.24. The number of pyridine rings is 1. The average molecular weight is 477 g/mol. The Morgan fingerprint density at radius 3 is 2.38 bits per heavy atom. The van der Waals surface area contributed by atoms with Crippen molar-refractivity contribution < 1.29 is 32.2 Å². The minimum atomic E-state index is -4.61. The molecule has 2 amide bonds. The van der Waals surface area contributed by atoms with E-state index in [0.717, 1.165) is 11.6 Å². The Morgan fingerprint density at radius 1 is 1.06 bits per heavy atom. The van der Waals surface area contributed by atoms with Crippen LogP contribution < -0.4 is 15.4 Å². The molecule has 12 heteroatoms. The molecule has 3 aromatic rings. The fraction of sp³-hybridized carbons (Fsp3) is 0.273. The molecule has 180 valence electrons. The Morgan fingerprint density at radius 2 is 1.79 bits per heavy atom. The van der Waals surface area contributed by atoms with E-state index in [4.69, 9.17) is 4.74 Å². The Labute approximate surface area is 192 Å². The summed E-state index contributed by atoms with van der Waals surface area (Å²) in [5, 5.41) is 8.66. The number of hydrogen-bond donors (Lipinski definition) is 2. The van der Waals surface area contributed by atoms with Crippen LogP contribution in [0.25, 0.3) is 16.9 Å². The van der Waals surface area contributed by atoms with E-state index >= 15 is 0 Å². The van der Waals surface area contributed by atoms with Crippen LogP contribution in [0, 0.1) is 0 Å². The van der Waals surface area contributed by atoms with E-state index in [2.05, 4.69) is 25.5 Å². The predicted octanol–water partition coefficient (Wildman–Crippen LogP) is 2.98. The zero-order valence-corrected chi connectivity index (χ0v) is 18.3. The van der Waals surface area contributed by atoms with Gasteiger partial charge >= 0.3 is 12.3 Å². The molecule has 0 saturated carbocycles. The van der Waals surface area contributed by atoms with Gasteiger partial charge in [-0.05, 0) is 24.1 Å². The molecule has 2 heterocycles. The van der Waals surface area contributed by atoms with Crippen LogP contribution in [0.1, 0.15) is 11.3 Å². The van der Waals surface area contributed by atoms with E-state index in [1.54, 1.807) is 30.3 Å². The van der Waals surface area contributed by atoms with Gasteiger partial charge < -0.3 is 20.1 Å². The summed E-state index contributed by atoms with van der Waals surface area (Å²) in [6.07, 6.45) is -3.45. The third-order valence-corrected chi connectivity index (χ3v) is 4.74. The molecule has 0 unspecified atom stereocenters. The number of nitrogens with zero attached hydrogens (tertiary/aromatic N) is 3. The van der Waals surface area contributed by atoms with Gasteiger partial charge in [0, 0.05) is 18.2 Å². The van der Waals surface area contributed by atoms with Gasteiger partial charge in [0.2, 0.25) is 11.8 Å². The monoisotopic (exact) mass is 477 g/mol. The summed E-state index contributed by atoms with van der Waals surface area (Å²) in [5.74, 6) is -0.0512. The molecule has 2 N–H and O–H groups in total. The molecule has 0 radical (unpaired) electrons. The SMILES string of the molecule is COC(=O)NCC(=O)NCCc1ccc(-c2cc(C(F)(F)F)nn2-c2ccc(OC)nc2)cc1. The summed E-state index contributed by atoms with van der Waals surface area (Å²) < 4.78 is 50.6. The Hall–Kier alpha value is -4.09. The molecule has 0 fully saturated rings. The standard InChI is InChI=1S/C22H22F3N5O4/c1-33-20-8-7-16(12-27-20)30-17(11-18(29-30)22(23,24)25)15-5-3-14(4-6-15)9-10-26-19(31)13-28-21(32)34-2/h3-8,11-12H,9-10,13H2,1-2H3,(H,26,31)(H,28,32). The van der Waals surface area contributed by atoms with Crippen molar-refractivity contribution >= 4 is 12.0 Å². The normalized spacial score (nSPS) is 11.1. The first-order valence-corrected chi connectivity index (χ1v) is 10.1. The molecular formula is C22H22F3N5O4. The third-order valence-electron chi connectivity index (χ3n) is 4.74. The van der Waals surface area contributed by atoms with Crippen molar-refractivity contribution in [2.24, 2.45) is 0 Å². The minimum Gasteiger partial charge on any atom is -0.481 e. The first-order chi connectivity index (χ1) is 16.2. The van der Waals surface area contributed by atoms with Crippen molar-refractivity contribution in [3.8, 4) is 22.8 Å². The highest BCUT2D eigenvalue weighted by atomic mass is 19.4. The lowest BCUT2D eigenvalue weighted by Crippen LogP contribution is -2.37. The van der Waals surface area contributed by atoms with Crippen LogP contribution in [-0.2, 0) is 22.1 Å². The molecule has 1 aromatic carbocycles. The van der Waals surface area contributed by atoms with Gasteiger partial charge in [-0.3, -0.25) is 4.79 Å². The van der Waals surface area contributed by atoms with E-state index < -0.39 is 18.0 Å². The van der Waals surface area contributed by atoms with Gasteiger partial charge in [-0.1, -0.05) is 24.3 Å². The lowest BCUT2D eigenvalue weighted by atomic mass is 10.1. The summed E-state index contributed by atoms with van der Waals surface area (Å²) in [6.45, 7) is 0.103. The molecule has 0 spiro atoms. The van der Waals surface area contributed by atoms with Crippen LogP contribution in [-0.4, -0.2) is 54.1 Å². The van der Waals surface area contributed by atoms with Gasteiger partial charge in [0.25, 0.3) is 0 Å². The molecule has 0 saturated heterocycles. The molecule has 0 aliphatic carbocycles. The quantitative estimate of drug-likeness (QED) is 0.517. The van der Waals surface area contributed by atoms with Crippen molar-refractivity contribution in [1.82, 2.24) is 25.4 Å². The van der Waals surface area contributed by atoms with Gasteiger partial charge in [0.15, 0.2) is 5.69 Å². The summed E-state index contributed by atoms with van der Waals surface area (Å²) in [7, 11) is 2.64. The number of nitrogens with one attached hydrogen (secondary N) is 2. The molecule has 0 aliphatic heterocycles. The van der Waals surface area contributed by atoms with E-state index in [-0.39, 0.29) is 18.1 Å². The smallest absolute Gasteiger partial charge is 0.435 e. The fourth-order valence-electron chi connectivity index (χ4n) is 3.02. The molecule has 34 heavy (non-hydrogen) atoms.